The lowest BCUT2D eigenvalue weighted by atomic mass is 10.2. The van der Waals surface area contributed by atoms with Crippen LogP contribution in [0.1, 0.15) is 6.92 Å². The van der Waals surface area contributed by atoms with Crippen LogP contribution in [0.4, 0.5) is 0 Å². The van der Waals surface area contributed by atoms with Crippen LogP contribution in [0.25, 0.3) is 11.5 Å². The molecule has 1 atom stereocenters. The minimum absolute atomic E-state index is 0.226. The summed E-state index contributed by atoms with van der Waals surface area (Å²) < 4.78 is 16.0. The van der Waals surface area contributed by atoms with Crippen molar-refractivity contribution < 1.29 is 13.9 Å². The van der Waals surface area contributed by atoms with Gasteiger partial charge in [0.05, 0.1) is 11.3 Å². The van der Waals surface area contributed by atoms with Crippen LogP contribution in [0.15, 0.2) is 27.8 Å². The molecule has 96 valence electrons. The lowest BCUT2D eigenvalue weighted by Gasteiger charge is -1.98. The molecule has 0 radical (unpaired) electrons. The van der Waals surface area contributed by atoms with Gasteiger partial charge in [-0.3, -0.25) is 0 Å². The largest absolute Gasteiger partial charge is 0.454 e. The van der Waals surface area contributed by atoms with Gasteiger partial charge in [-0.2, -0.15) is 5.26 Å². The van der Waals surface area contributed by atoms with Crippen LogP contribution in [0.3, 0.4) is 0 Å². The number of nitriles is 1. The van der Waals surface area contributed by atoms with Crippen LogP contribution in [-0.4, -0.2) is 22.2 Å². The van der Waals surface area contributed by atoms with E-state index in [-0.39, 0.29) is 12.0 Å². The van der Waals surface area contributed by atoms with E-state index in [0.717, 1.165) is 5.56 Å². The van der Waals surface area contributed by atoms with Crippen LogP contribution in [-0.2, 0) is 0 Å². The molecule has 2 aromatic rings. The Morgan fingerprint density at radius 3 is 3.00 bits per heavy atom. The Hall–Kier alpha value is -2.20. The van der Waals surface area contributed by atoms with Crippen molar-refractivity contribution in [2.24, 2.45) is 0 Å². The molecule has 0 bridgehead atoms. The van der Waals surface area contributed by atoms with Crippen molar-refractivity contribution in [1.29, 1.82) is 5.26 Å². The van der Waals surface area contributed by atoms with Crippen molar-refractivity contribution in [3.63, 3.8) is 0 Å². The fourth-order valence-corrected chi connectivity index (χ4v) is 2.15. The van der Waals surface area contributed by atoms with E-state index in [4.69, 9.17) is 19.2 Å². The predicted octanol–water partition coefficient (Wildman–Crippen LogP) is 2.47. The van der Waals surface area contributed by atoms with Crippen molar-refractivity contribution in [2.75, 3.05) is 6.79 Å². The van der Waals surface area contributed by atoms with Gasteiger partial charge < -0.3 is 13.9 Å². The Bertz CT molecular complexity index is 650. The molecule has 0 amide bonds. The van der Waals surface area contributed by atoms with Gasteiger partial charge in [-0.15, -0.1) is 10.2 Å². The number of ether oxygens (including phenoxy) is 2. The Balaban J connectivity index is 1.85. The van der Waals surface area contributed by atoms with Gasteiger partial charge in [-0.1, -0.05) is 0 Å². The summed E-state index contributed by atoms with van der Waals surface area (Å²) in [7, 11) is 0. The van der Waals surface area contributed by atoms with Crippen LogP contribution >= 0.6 is 11.8 Å². The molecule has 0 aliphatic carbocycles. The summed E-state index contributed by atoms with van der Waals surface area (Å²) >= 11 is 1.23. The van der Waals surface area contributed by atoms with Crippen molar-refractivity contribution in [2.45, 2.75) is 17.4 Å². The van der Waals surface area contributed by atoms with Gasteiger partial charge in [0.25, 0.3) is 5.22 Å². The highest BCUT2D eigenvalue weighted by Gasteiger charge is 2.17. The van der Waals surface area contributed by atoms with E-state index < -0.39 is 0 Å². The van der Waals surface area contributed by atoms with Crippen LogP contribution in [0.2, 0.25) is 0 Å². The van der Waals surface area contributed by atoms with Gasteiger partial charge in [-0.25, -0.2) is 0 Å². The van der Waals surface area contributed by atoms with Crippen molar-refractivity contribution >= 4 is 11.8 Å². The molecule has 0 saturated carbocycles. The quantitative estimate of drug-likeness (QED) is 0.796. The second-order valence-electron chi connectivity index (χ2n) is 3.83. The fraction of sp³-hybridized carbons (Fsp3) is 0.250. The van der Waals surface area contributed by atoms with E-state index in [1.165, 1.54) is 11.8 Å². The highest BCUT2D eigenvalue weighted by Crippen LogP contribution is 2.36. The molecule has 0 unspecified atom stereocenters. The number of aromatic nitrogens is 2. The third-order valence-corrected chi connectivity index (χ3v) is 3.31. The zero-order valence-electron chi connectivity index (χ0n) is 9.99. The van der Waals surface area contributed by atoms with Crippen LogP contribution in [0, 0.1) is 11.3 Å². The van der Waals surface area contributed by atoms with Crippen molar-refractivity contribution in [3.05, 3.63) is 18.2 Å². The molecule has 0 N–H and O–H groups in total. The molecule has 1 aromatic heterocycles. The summed E-state index contributed by atoms with van der Waals surface area (Å²) in [6, 6.07) is 7.51. The Morgan fingerprint density at radius 2 is 2.16 bits per heavy atom. The predicted molar refractivity (Wildman–Crippen MR) is 66.8 cm³/mol. The van der Waals surface area contributed by atoms with Crippen LogP contribution < -0.4 is 9.47 Å². The smallest absolute Gasteiger partial charge is 0.278 e. The van der Waals surface area contributed by atoms with Gasteiger partial charge in [0, 0.05) is 5.56 Å². The monoisotopic (exact) mass is 275 g/mol. The molecule has 2 heterocycles. The minimum Gasteiger partial charge on any atom is -0.454 e. The Labute approximate surface area is 113 Å². The summed E-state index contributed by atoms with van der Waals surface area (Å²) in [4.78, 5) is 0. The average molecular weight is 275 g/mol. The maximum Gasteiger partial charge on any atom is 0.278 e. The first-order chi connectivity index (χ1) is 9.26. The van der Waals surface area contributed by atoms with Crippen molar-refractivity contribution in [1.82, 2.24) is 10.2 Å². The van der Waals surface area contributed by atoms with E-state index in [1.807, 2.05) is 6.07 Å². The second kappa shape index (κ2) is 4.82. The molecule has 1 aromatic carbocycles. The highest BCUT2D eigenvalue weighted by molar-refractivity contribution is 7.99. The van der Waals surface area contributed by atoms with Gasteiger partial charge in [0.1, 0.15) is 0 Å². The van der Waals surface area contributed by atoms with E-state index in [1.54, 1.807) is 19.1 Å². The number of nitrogens with zero attached hydrogens (tertiary/aromatic N) is 3. The minimum atomic E-state index is -0.231. The number of fused-ring (bicyclic) bond motifs is 1. The molecule has 1 aliphatic heterocycles. The molecule has 19 heavy (non-hydrogen) atoms. The SMILES string of the molecule is C[C@H](C#N)Sc1nnc(-c2ccc3c(c2)OCO3)o1. The fourth-order valence-electron chi connectivity index (χ4n) is 1.58. The summed E-state index contributed by atoms with van der Waals surface area (Å²) in [5.41, 5.74) is 0.758. The number of thioether (sulfide) groups is 1. The third kappa shape index (κ3) is 2.35. The van der Waals surface area contributed by atoms with E-state index in [0.29, 0.717) is 22.6 Å². The molecule has 7 heteroatoms. The molecule has 6 nitrogen and oxygen atoms in total. The molecule has 1 aliphatic rings. The lowest BCUT2D eigenvalue weighted by molar-refractivity contribution is 0.174. The maximum atomic E-state index is 8.73. The number of benzene rings is 1. The number of rotatable bonds is 3. The highest BCUT2D eigenvalue weighted by atomic mass is 32.2. The second-order valence-corrected chi connectivity index (χ2v) is 5.12. The number of hydrogen-bond acceptors (Lipinski definition) is 7. The van der Waals surface area contributed by atoms with E-state index in [2.05, 4.69) is 16.3 Å². The van der Waals surface area contributed by atoms with Crippen molar-refractivity contribution in [3.8, 4) is 29.0 Å². The standard InChI is InChI=1S/C12H9N3O3S/c1-7(5-13)19-12-15-14-11(18-12)8-2-3-9-10(4-8)17-6-16-9/h2-4,7H,6H2,1H3/t7-/m1/s1. The van der Waals surface area contributed by atoms with E-state index >= 15 is 0 Å². The molecular formula is C12H9N3O3S. The summed E-state index contributed by atoms with van der Waals surface area (Å²) in [5.74, 6) is 1.76. The number of hydrogen-bond donors (Lipinski definition) is 0. The average Bonchev–Trinajstić information content (AvgIpc) is 3.05. The van der Waals surface area contributed by atoms with Crippen LogP contribution in [0.5, 0.6) is 11.5 Å². The Morgan fingerprint density at radius 1 is 1.32 bits per heavy atom. The summed E-state index contributed by atoms with van der Waals surface area (Å²) in [6.07, 6.45) is 0. The topological polar surface area (TPSA) is 81.2 Å². The third-order valence-electron chi connectivity index (χ3n) is 2.49. The van der Waals surface area contributed by atoms with Gasteiger partial charge in [0.2, 0.25) is 12.7 Å². The first-order valence-electron chi connectivity index (χ1n) is 5.56. The van der Waals surface area contributed by atoms with E-state index in [9.17, 15) is 0 Å². The zero-order chi connectivity index (χ0) is 13.2. The zero-order valence-corrected chi connectivity index (χ0v) is 10.8. The van der Waals surface area contributed by atoms with Gasteiger partial charge in [0.15, 0.2) is 11.5 Å². The summed E-state index contributed by atoms with van der Waals surface area (Å²) in [5, 5.41) is 16.7. The first kappa shape index (κ1) is 11.9. The Kier molecular flexibility index (Phi) is 3.01. The molecule has 0 fully saturated rings. The lowest BCUT2D eigenvalue weighted by Crippen LogP contribution is -1.92. The maximum absolute atomic E-state index is 8.73. The molecule has 0 spiro atoms. The summed E-state index contributed by atoms with van der Waals surface area (Å²) in [6.45, 7) is 2.00. The normalized spacial score (nSPS) is 14.1. The molecule has 3 rings (SSSR count). The van der Waals surface area contributed by atoms with Gasteiger partial charge >= 0.3 is 0 Å². The first-order valence-corrected chi connectivity index (χ1v) is 6.44. The van der Waals surface area contributed by atoms with Gasteiger partial charge in [-0.05, 0) is 36.9 Å². The molecule has 0 saturated heterocycles. The molecular weight excluding hydrogens is 266 g/mol.